The fraction of sp³-hybridized carbons (Fsp3) is 0.750. The Morgan fingerprint density at radius 2 is 2.00 bits per heavy atom. The SMILES string of the molecule is CCN=C(NC(C)(C)C)C(=O)O. The molecule has 0 atom stereocenters. The molecule has 2 N–H and O–H groups in total. The first-order valence-corrected chi connectivity index (χ1v) is 3.92. The van der Waals surface area contributed by atoms with Gasteiger partial charge in [-0.3, -0.25) is 4.99 Å². The van der Waals surface area contributed by atoms with Crippen molar-refractivity contribution in [1.29, 1.82) is 0 Å². The third-order valence-corrected chi connectivity index (χ3v) is 1.01. The van der Waals surface area contributed by atoms with Crippen LogP contribution < -0.4 is 5.32 Å². The molecule has 0 aliphatic rings. The van der Waals surface area contributed by atoms with Crippen molar-refractivity contribution in [1.82, 2.24) is 5.32 Å². The van der Waals surface area contributed by atoms with Crippen LogP contribution in [0.3, 0.4) is 0 Å². The number of hydrogen-bond donors (Lipinski definition) is 2. The summed E-state index contributed by atoms with van der Waals surface area (Å²) >= 11 is 0. The fourth-order valence-electron chi connectivity index (χ4n) is 0.674. The zero-order valence-electron chi connectivity index (χ0n) is 8.01. The van der Waals surface area contributed by atoms with Gasteiger partial charge in [0.15, 0.2) is 0 Å². The normalized spacial score (nSPS) is 12.8. The first-order valence-electron chi connectivity index (χ1n) is 3.92. The van der Waals surface area contributed by atoms with Crippen LogP contribution in [0.1, 0.15) is 27.7 Å². The summed E-state index contributed by atoms with van der Waals surface area (Å²) in [4.78, 5) is 14.4. The number of aliphatic imine (C=N–C) groups is 1. The van der Waals surface area contributed by atoms with Gasteiger partial charge in [-0.15, -0.1) is 0 Å². The standard InChI is InChI=1S/C8H16N2O2/c1-5-9-6(7(11)12)10-8(2,3)4/h5H2,1-4H3,(H,9,10)(H,11,12). The van der Waals surface area contributed by atoms with Gasteiger partial charge in [-0.1, -0.05) is 0 Å². The zero-order valence-corrected chi connectivity index (χ0v) is 8.01. The fourth-order valence-corrected chi connectivity index (χ4v) is 0.674. The number of aliphatic carboxylic acids is 1. The Morgan fingerprint density at radius 3 is 2.25 bits per heavy atom. The van der Waals surface area contributed by atoms with E-state index in [0.717, 1.165) is 0 Å². The van der Waals surface area contributed by atoms with E-state index in [1.807, 2.05) is 20.8 Å². The monoisotopic (exact) mass is 172 g/mol. The van der Waals surface area contributed by atoms with Crippen LogP contribution in [0.2, 0.25) is 0 Å². The van der Waals surface area contributed by atoms with E-state index in [0.29, 0.717) is 6.54 Å². The van der Waals surface area contributed by atoms with Crippen molar-refractivity contribution in [3.05, 3.63) is 0 Å². The second-order valence-corrected chi connectivity index (χ2v) is 3.50. The Kier molecular flexibility index (Phi) is 3.73. The third-order valence-electron chi connectivity index (χ3n) is 1.01. The van der Waals surface area contributed by atoms with Crippen molar-refractivity contribution < 1.29 is 9.90 Å². The van der Waals surface area contributed by atoms with Gasteiger partial charge in [-0.2, -0.15) is 0 Å². The molecule has 0 aliphatic carbocycles. The summed E-state index contributed by atoms with van der Waals surface area (Å²) in [6, 6.07) is 0. The van der Waals surface area contributed by atoms with Gasteiger partial charge in [0.05, 0.1) is 0 Å². The zero-order chi connectivity index (χ0) is 9.78. The summed E-state index contributed by atoms with van der Waals surface area (Å²) in [6.07, 6.45) is 0. The van der Waals surface area contributed by atoms with Gasteiger partial charge in [-0.05, 0) is 27.7 Å². The van der Waals surface area contributed by atoms with E-state index in [4.69, 9.17) is 5.11 Å². The summed E-state index contributed by atoms with van der Waals surface area (Å²) in [7, 11) is 0. The van der Waals surface area contributed by atoms with Crippen molar-refractivity contribution in [3.63, 3.8) is 0 Å². The smallest absolute Gasteiger partial charge is 0.371 e. The predicted molar refractivity (Wildman–Crippen MR) is 48.5 cm³/mol. The Labute approximate surface area is 72.7 Å². The Bertz CT molecular complexity index is 192. The first-order chi connectivity index (χ1) is 5.37. The maximum atomic E-state index is 10.6. The molecule has 0 fully saturated rings. The topological polar surface area (TPSA) is 61.7 Å². The highest BCUT2D eigenvalue weighted by molar-refractivity contribution is 6.34. The van der Waals surface area contributed by atoms with Gasteiger partial charge in [0.25, 0.3) is 0 Å². The second-order valence-electron chi connectivity index (χ2n) is 3.50. The van der Waals surface area contributed by atoms with Crippen LogP contribution in [-0.4, -0.2) is 29.0 Å². The highest BCUT2D eigenvalue weighted by atomic mass is 16.4. The van der Waals surface area contributed by atoms with Crippen molar-refractivity contribution >= 4 is 11.8 Å². The number of amidine groups is 1. The molecule has 0 bridgehead atoms. The van der Waals surface area contributed by atoms with Gasteiger partial charge < -0.3 is 10.4 Å². The third kappa shape index (κ3) is 4.71. The molecule has 0 aromatic heterocycles. The number of hydrogen-bond acceptors (Lipinski definition) is 2. The summed E-state index contributed by atoms with van der Waals surface area (Å²) in [5, 5.41) is 11.5. The average molecular weight is 172 g/mol. The Morgan fingerprint density at radius 1 is 1.50 bits per heavy atom. The summed E-state index contributed by atoms with van der Waals surface area (Å²) in [5.74, 6) is -0.975. The van der Waals surface area contributed by atoms with Crippen LogP contribution in [0.15, 0.2) is 4.99 Å². The molecule has 0 rings (SSSR count). The van der Waals surface area contributed by atoms with E-state index in [9.17, 15) is 4.79 Å². The number of nitrogens with one attached hydrogen (secondary N) is 1. The summed E-state index contributed by atoms with van der Waals surface area (Å²) in [5.41, 5.74) is -0.258. The molecule has 70 valence electrons. The molecule has 0 saturated carbocycles. The molecule has 0 aromatic carbocycles. The Balaban J connectivity index is 4.36. The summed E-state index contributed by atoms with van der Waals surface area (Å²) < 4.78 is 0. The first kappa shape index (κ1) is 10.9. The van der Waals surface area contributed by atoms with Crippen molar-refractivity contribution in [3.8, 4) is 0 Å². The molecular weight excluding hydrogens is 156 g/mol. The number of carbonyl (C=O) groups is 1. The van der Waals surface area contributed by atoms with Gasteiger partial charge in [-0.25, -0.2) is 4.79 Å². The molecule has 0 aliphatic heterocycles. The van der Waals surface area contributed by atoms with Crippen LogP contribution in [0, 0.1) is 0 Å². The maximum Gasteiger partial charge on any atom is 0.371 e. The van der Waals surface area contributed by atoms with Gasteiger partial charge in [0, 0.05) is 12.1 Å². The summed E-state index contributed by atoms with van der Waals surface area (Å²) in [6.45, 7) is 7.95. The molecule has 4 heteroatoms. The average Bonchev–Trinajstić information content (AvgIpc) is 1.83. The minimum Gasteiger partial charge on any atom is -0.475 e. The van der Waals surface area contributed by atoms with E-state index in [2.05, 4.69) is 10.3 Å². The minimum absolute atomic E-state index is 0.0324. The van der Waals surface area contributed by atoms with Crippen molar-refractivity contribution in [2.24, 2.45) is 4.99 Å². The number of carboxylic acid groups (broad SMARTS) is 1. The molecule has 0 amide bonds. The van der Waals surface area contributed by atoms with E-state index < -0.39 is 5.97 Å². The lowest BCUT2D eigenvalue weighted by atomic mass is 10.1. The van der Waals surface area contributed by atoms with Crippen LogP contribution in [-0.2, 0) is 4.79 Å². The molecule has 0 unspecified atom stereocenters. The van der Waals surface area contributed by atoms with E-state index >= 15 is 0 Å². The molecule has 0 radical (unpaired) electrons. The van der Waals surface area contributed by atoms with Crippen molar-refractivity contribution in [2.45, 2.75) is 33.2 Å². The molecule has 12 heavy (non-hydrogen) atoms. The quantitative estimate of drug-likeness (QED) is 0.456. The molecule has 0 heterocycles. The van der Waals surface area contributed by atoms with E-state index in [1.54, 1.807) is 6.92 Å². The lowest BCUT2D eigenvalue weighted by Crippen LogP contribution is -2.44. The van der Waals surface area contributed by atoms with Gasteiger partial charge in [0.2, 0.25) is 5.84 Å². The number of carboxylic acids is 1. The molecule has 0 aromatic rings. The van der Waals surface area contributed by atoms with E-state index in [1.165, 1.54) is 0 Å². The molecule has 4 nitrogen and oxygen atoms in total. The van der Waals surface area contributed by atoms with Crippen LogP contribution in [0.25, 0.3) is 0 Å². The molecule has 0 spiro atoms. The highest BCUT2D eigenvalue weighted by Crippen LogP contribution is 1.98. The highest BCUT2D eigenvalue weighted by Gasteiger charge is 2.16. The molecule has 0 saturated heterocycles. The number of rotatable bonds is 1. The largest absolute Gasteiger partial charge is 0.475 e. The lowest BCUT2D eigenvalue weighted by molar-refractivity contribution is -0.129. The molecular formula is C8H16N2O2. The van der Waals surface area contributed by atoms with Crippen LogP contribution >= 0.6 is 0 Å². The maximum absolute atomic E-state index is 10.6. The number of nitrogens with zero attached hydrogens (tertiary/aromatic N) is 1. The predicted octanol–water partition coefficient (Wildman–Crippen LogP) is 0.877. The van der Waals surface area contributed by atoms with Gasteiger partial charge >= 0.3 is 5.97 Å². The minimum atomic E-state index is -1.01. The van der Waals surface area contributed by atoms with Crippen molar-refractivity contribution in [2.75, 3.05) is 6.54 Å². The van der Waals surface area contributed by atoms with Crippen LogP contribution in [0.5, 0.6) is 0 Å². The lowest BCUT2D eigenvalue weighted by Gasteiger charge is -2.21. The Hall–Kier alpha value is -1.06. The second kappa shape index (κ2) is 4.09. The van der Waals surface area contributed by atoms with Gasteiger partial charge in [0.1, 0.15) is 0 Å². The van der Waals surface area contributed by atoms with E-state index in [-0.39, 0.29) is 11.4 Å². The van der Waals surface area contributed by atoms with Crippen LogP contribution in [0.4, 0.5) is 0 Å².